The van der Waals surface area contributed by atoms with Crippen molar-refractivity contribution >= 4 is 11.0 Å². The number of nitrogens with zero attached hydrogens (tertiary/aromatic N) is 4. The molecule has 1 aromatic carbocycles. The molecule has 0 amide bonds. The fourth-order valence-corrected chi connectivity index (χ4v) is 2.26. The third-order valence-corrected chi connectivity index (χ3v) is 3.51. The standard InChI is InChI=1S/C15H15N5/c1-2-6-14-13(5-1)18-19-20(14)15-7-3-4-12(17-15)10-16-11-8-9-11/h1-7,11,16H,8-10H2. The number of benzene rings is 1. The summed E-state index contributed by atoms with van der Waals surface area (Å²) in [4.78, 5) is 4.66. The first-order valence-corrected chi connectivity index (χ1v) is 6.90. The molecule has 20 heavy (non-hydrogen) atoms. The fraction of sp³-hybridized carbons (Fsp3) is 0.267. The van der Waals surface area contributed by atoms with Crippen molar-refractivity contribution in [1.82, 2.24) is 25.3 Å². The summed E-state index contributed by atoms with van der Waals surface area (Å²) in [6, 6.07) is 14.6. The van der Waals surface area contributed by atoms with Gasteiger partial charge in [0, 0.05) is 12.6 Å². The molecule has 0 bridgehead atoms. The summed E-state index contributed by atoms with van der Waals surface area (Å²) in [6.45, 7) is 0.811. The third kappa shape index (κ3) is 2.16. The van der Waals surface area contributed by atoms with Crippen molar-refractivity contribution in [1.29, 1.82) is 0 Å². The fourth-order valence-electron chi connectivity index (χ4n) is 2.26. The number of hydrogen-bond donors (Lipinski definition) is 1. The van der Waals surface area contributed by atoms with E-state index in [4.69, 9.17) is 0 Å². The Balaban J connectivity index is 1.68. The minimum absolute atomic E-state index is 0.688. The van der Waals surface area contributed by atoms with Gasteiger partial charge in [-0.15, -0.1) is 5.10 Å². The van der Waals surface area contributed by atoms with Gasteiger partial charge in [0.1, 0.15) is 5.52 Å². The van der Waals surface area contributed by atoms with Gasteiger partial charge >= 0.3 is 0 Å². The lowest BCUT2D eigenvalue weighted by molar-refractivity contribution is 0.670. The normalized spacial score (nSPS) is 14.8. The zero-order valence-electron chi connectivity index (χ0n) is 11.0. The van der Waals surface area contributed by atoms with Crippen LogP contribution in [0, 0.1) is 0 Å². The molecule has 0 atom stereocenters. The number of hydrogen-bond acceptors (Lipinski definition) is 4. The molecule has 2 aromatic heterocycles. The molecule has 2 heterocycles. The van der Waals surface area contributed by atoms with Gasteiger partial charge in [-0.3, -0.25) is 0 Å². The van der Waals surface area contributed by atoms with E-state index in [1.807, 2.05) is 42.5 Å². The molecule has 0 radical (unpaired) electrons. The lowest BCUT2D eigenvalue weighted by Gasteiger charge is -2.05. The van der Waals surface area contributed by atoms with Crippen molar-refractivity contribution in [3.8, 4) is 5.82 Å². The molecule has 0 aliphatic heterocycles. The Morgan fingerprint density at radius 1 is 1.10 bits per heavy atom. The third-order valence-electron chi connectivity index (χ3n) is 3.51. The maximum atomic E-state index is 4.66. The molecule has 5 heteroatoms. The van der Waals surface area contributed by atoms with Crippen molar-refractivity contribution in [2.45, 2.75) is 25.4 Å². The van der Waals surface area contributed by atoms with Gasteiger partial charge in [0.2, 0.25) is 0 Å². The van der Waals surface area contributed by atoms with Crippen LogP contribution in [0.4, 0.5) is 0 Å². The molecule has 1 fully saturated rings. The first kappa shape index (κ1) is 11.5. The maximum Gasteiger partial charge on any atom is 0.156 e. The summed E-state index contributed by atoms with van der Waals surface area (Å²) < 4.78 is 1.79. The second-order valence-corrected chi connectivity index (χ2v) is 5.13. The molecular formula is C15H15N5. The maximum absolute atomic E-state index is 4.66. The van der Waals surface area contributed by atoms with Crippen LogP contribution in [0.5, 0.6) is 0 Å². The first-order valence-electron chi connectivity index (χ1n) is 6.90. The quantitative estimate of drug-likeness (QED) is 0.784. The van der Waals surface area contributed by atoms with Crippen molar-refractivity contribution in [2.75, 3.05) is 0 Å². The van der Waals surface area contributed by atoms with E-state index in [9.17, 15) is 0 Å². The highest BCUT2D eigenvalue weighted by Gasteiger charge is 2.20. The number of fused-ring (bicyclic) bond motifs is 1. The average molecular weight is 265 g/mol. The lowest BCUT2D eigenvalue weighted by Crippen LogP contribution is -2.16. The van der Waals surface area contributed by atoms with E-state index in [0.29, 0.717) is 6.04 Å². The Morgan fingerprint density at radius 3 is 2.90 bits per heavy atom. The average Bonchev–Trinajstić information content (AvgIpc) is 3.23. The number of para-hydroxylation sites is 1. The molecular weight excluding hydrogens is 250 g/mol. The van der Waals surface area contributed by atoms with E-state index in [1.165, 1.54) is 12.8 Å². The van der Waals surface area contributed by atoms with Gasteiger partial charge in [-0.2, -0.15) is 4.68 Å². The molecule has 1 aliphatic carbocycles. The molecule has 5 nitrogen and oxygen atoms in total. The summed E-state index contributed by atoms with van der Waals surface area (Å²) in [5, 5.41) is 11.8. The lowest BCUT2D eigenvalue weighted by atomic mass is 10.3. The number of rotatable bonds is 4. The Hall–Kier alpha value is -2.27. The molecule has 1 saturated carbocycles. The van der Waals surface area contributed by atoms with E-state index in [0.717, 1.165) is 29.1 Å². The summed E-state index contributed by atoms with van der Waals surface area (Å²) in [5.74, 6) is 0.814. The van der Waals surface area contributed by atoms with Gasteiger partial charge in [0.15, 0.2) is 5.82 Å². The van der Waals surface area contributed by atoms with Gasteiger partial charge in [0.05, 0.1) is 11.2 Å². The van der Waals surface area contributed by atoms with Crippen LogP contribution in [0.1, 0.15) is 18.5 Å². The van der Waals surface area contributed by atoms with Crippen LogP contribution in [0.3, 0.4) is 0 Å². The van der Waals surface area contributed by atoms with E-state index in [1.54, 1.807) is 4.68 Å². The Kier molecular flexibility index (Phi) is 2.70. The Bertz CT molecular complexity index is 745. The van der Waals surface area contributed by atoms with Crippen molar-refractivity contribution in [3.05, 3.63) is 48.2 Å². The van der Waals surface area contributed by atoms with E-state index in [2.05, 4.69) is 20.6 Å². The van der Waals surface area contributed by atoms with Crippen LogP contribution in [0.2, 0.25) is 0 Å². The van der Waals surface area contributed by atoms with Crippen molar-refractivity contribution < 1.29 is 0 Å². The monoisotopic (exact) mass is 265 g/mol. The van der Waals surface area contributed by atoms with Gasteiger partial charge in [-0.05, 0) is 37.1 Å². The van der Waals surface area contributed by atoms with Crippen LogP contribution in [-0.4, -0.2) is 26.0 Å². The molecule has 0 spiro atoms. The van der Waals surface area contributed by atoms with Crippen molar-refractivity contribution in [2.24, 2.45) is 0 Å². The van der Waals surface area contributed by atoms with Gasteiger partial charge < -0.3 is 5.32 Å². The van der Waals surface area contributed by atoms with E-state index in [-0.39, 0.29) is 0 Å². The van der Waals surface area contributed by atoms with Gasteiger partial charge in [-0.25, -0.2) is 4.98 Å². The van der Waals surface area contributed by atoms with Crippen LogP contribution < -0.4 is 5.32 Å². The topological polar surface area (TPSA) is 55.6 Å². The van der Waals surface area contributed by atoms with Crippen molar-refractivity contribution in [3.63, 3.8) is 0 Å². The predicted octanol–water partition coefficient (Wildman–Crippen LogP) is 2.07. The van der Waals surface area contributed by atoms with Gasteiger partial charge in [-0.1, -0.05) is 23.4 Å². The number of aromatic nitrogens is 4. The Labute approximate surface area is 116 Å². The molecule has 1 N–H and O–H groups in total. The zero-order chi connectivity index (χ0) is 13.4. The van der Waals surface area contributed by atoms with Crippen LogP contribution in [0.15, 0.2) is 42.5 Å². The highest BCUT2D eigenvalue weighted by molar-refractivity contribution is 5.75. The van der Waals surface area contributed by atoms with Crippen LogP contribution >= 0.6 is 0 Å². The SMILES string of the molecule is c1cc(CNC2CC2)nc(-n2nnc3ccccc32)c1. The highest BCUT2D eigenvalue weighted by Crippen LogP contribution is 2.19. The predicted molar refractivity (Wildman–Crippen MR) is 76.5 cm³/mol. The molecule has 3 aromatic rings. The summed E-state index contributed by atoms with van der Waals surface area (Å²) in [6.07, 6.45) is 2.57. The second kappa shape index (κ2) is 4.68. The minimum Gasteiger partial charge on any atom is -0.308 e. The molecule has 1 aliphatic rings. The van der Waals surface area contributed by atoms with Gasteiger partial charge in [0.25, 0.3) is 0 Å². The largest absolute Gasteiger partial charge is 0.308 e. The first-order chi connectivity index (χ1) is 9.90. The smallest absolute Gasteiger partial charge is 0.156 e. The molecule has 0 saturated heterocycles. The number of pyridine rings is 1. The zero-order valence-corrected chi connectivity index (χ0v) is 11.0. The minimum atomic E-state index is 0.688. The second-order valence-electron chi connectivity index (χ2n) is 5.13. The molecule has 0 unspecified atom stereocenters. The number of nitrogens with one attached hydrogen (secondary N) is 1. The van der Waals surface area contributed by atoms with E-state index < -0.39 is 0 Å². The molecule has 100 valence electrons. The van der Waals surface area contributed by atoms with Crippen LogP contribution in [-0.2, 0) is 6.54 Å². The summed E-state index contributed by atoms with van der Waals surface area (Å²) in [5.41, 5.74) is 2.90. The Morgan fingerprint density at radius 2 is 2.00 bits per heavy atom. The van der Waals surface area contributed by atoms with Crippen LogP contribution in [0.25, 0.3) is 16.9 Å². The molecule has 4 rings (SSSR count). The summed E-state index contributed by atoms with van der Waals surface area (Å²) >= 11 is 0. The highest BCUT2D eigenvalue weighted by atomic mass is 15.4. The van der Waals surface area contributed by atoms with E-state index >= 15 is 0 Å². The summed E-state index contributed by atoms with van der Waals surface area (Å²) in [7, 11) is 0.